The number of cyclic esters (lactones) is 1. The molecule has 0 radical (unpaired) electrons. The highest BCUT2D eigenvalue weighted by molar-refractivity contribution is 9.10. The molecule has 35 heavy (non-hydrogen) atoms. The Hall–Kier alpha value is -2.94. The van der Waals surface area contributed by atoms with Crippen LogP contribution < -0.4 is 0 Å². The number of phenolic OH excluding ortho intramolecular Hbond substituents is 1. The standard InChI is InChI=1S/C26H29BrN4O4/c1-2-17-11-16(7-8-21(17)32)9-10-26(18-5-3-4-6-18)13-22(33)20(24(34)35-26)12-23-29-25-28-14-19(27)15-31(25)30-23/h7-8,11,14-15,18,32-33H,2-6,9-10,12-13H2,1H3. The highest BCUT2D eigenvalue weighted by atomic mass is 79.9. The third kappa shape index (κ3) is 4.78. The number of rotatable bonds is 7. The number of halogens is 1. The first-order valence-corrected chi connectivity index (χ1v) is 13.0. The van der Waals surface area contributed by atoms with Gasteiger partial charge in [0.05, 0.1) is 10.0 Å². The van der Waals surface area contributed by atoms with E-state index >= 15 is 0 Å². The van der Waals surface area contributed by atoms with Crippen molar-refractivity contribution in [3.05, 3.63) is 63.3 Å². The van der Waals surface area contributed by atoms with Crippen LogP contribution >= 0.6 is 15.9 Å². The van der Waals surface area contributed by atoms with Crippen LogP contribution in [-0.2, 0) is 28.8 Å². The lowest BCUT2D eigenvalue weighted by atomic mass is 9.76. The molecule has 1 unspecified atom stereocenters. The minimum atomic E-state index is -0.732. The van der Waals surface area contributed by atoms with E-state index in [-0.39, 0.29) is 23.7 Å². The first-order valence-electron chi connectivity index (χ1n) is 12.2. The van der Waals surface area contributed by atoms with Crippen molar-refractivity contribution in [2.24, 2.45) is 5.92 Å². The molecular formula is C26H29BrN4O4. The summed E-state index contributed by atoms with van der Waals surface area (Å²) in [7, 11) is 0. The van der Waals surface area contributed by atoms with Crippen molar-refractivity contribution in [2.75, 3.05) is 0 Å². The molecule has 0 bridgehead atoms. The maximum absolute atomic E-state index is 13.2. The fraction of sp³-hybridized carbons (Fsp3) is 0.462. The number of hydrogen-bond acceptors (Lipinski definition) is 7. The number of hydrogen-bond donors (Lipinski definition) is 2. The van der Waals surface area contributed by atoms with Gasteiger partial charge in [-0.15, -0.1) is 5.10 Å². The molecule has 0 spiro atoms. The molecule has 9 heteroatoms. The Bertz CT molecular complexity index is 1300. The molecule has 0 amide bonds. The van der Waals surface area contributed by atoms with Gasteiger partial charge in [0.2, 0.25) is 0 Å². The summed E-state index contributed by atoms with van der Waals surface area (Å²) < 4.78 is 8.52. The number of aliphatic hydroxyl groups is 1. The predicted molar refractivity (Wildman–Crippen MR) is 133 cm³/mol. The summed E-state index contributed by atoms with van der Waals surface area (Å²) in [4.78, 5) is 21.8. The minimum absolute atomic E-state index is 0.0705. The van der Waals surface area contributed by atoms with Gasteiger partial charge >= 0.3 is 5.97 Å². The van der Waals surface area contributed by atoms with Gasteiger partial charge in [0, 0.05) is 25.2 Å². The predicted octanol–water partition coefficient (Wildman–Crippen LogP) is 5.02. The summed E-state index contributed by atoms with van der Waals surface area (Å²) in [5.74, 6) is 0.924. The molecule has 1 aromatic carbocycles. The second kappa shape index (κ2) is 9.60. The number of benzene rings is 1. The van der Waals surface area contributed by atoms with E-state index in [1.165, 1.54) is 4.52 Å². The van der Waals surface area contributed by atoms with Gasteiger partial charge in [-0.05, 0) is 71.1 Å². The van der Waals surface area contributed by atoms with Crippen LogP contribution in [0.15, 0.2) is 46.4 Å². The smallest absolute Gasteiger partial charge is 0.338 e. The molecular weight excluding hydrogens is 512 g/mol. The Kier molecular flexibility index (Phi) is 6.53. The van der Waals surface area contributed by atoms with Gasteiger partial charge in [-0.2, -0.15) is 4.98 Å². The molecule has 3 heterocycles. The Morgan fingerprint density at radius 1 is 1.26 bits per heavy atom. The summed E-state index contributed by atoms with van der Waals surface area (Å²) in [6, 6.07) is 5.67. The molecule has 1 saturated carbocycles. The van der Waals surface area contributed by atoms with Crippen LogP contribution in [0, 0.1) is 5.92 Å². The maximum atomic E-state index is 13.2. The van der Waals surface area contributed by atoms with Crippen LogP contribution in [0.2, 0.25) is 0 Å². The SMILES string of the molecule is CCc1cc(CCC2(C3CCCC3)CC(O)=C(Cc3nc4ncc(Br)cn4n3)C(=O)O2)ccc1O. The molecule has 1 aliphatic carbocycles. The van der Waals surface area contributed by atoms with E-state index in [0.717, 1.165) is 47.7 Å². The van der Waals surface area contributed by atoms with Gasteiger partial charge in [0.1, 0.15) is 17.1 Å². The number of esters is 1. The molecule has 3 aromatic rings. The number of aryl methyl sites for hydroxylation is 2. The van der Waals surface area contributed by atoms with Crippen molar-refractivity contribution < 1.29 is 19.7 Å². The lowest BCUT2D eigenvalue weighted by Gasteiger charge is -2.41. The Morgan fingerprint density at radius 3 is 2.80 bits per heavy atom. The number of phenols is 1. The van der Waals surface area contributed by atoms with Crippen LogP contribution in [0.4, 0.5) is 0 Å². The summed E-state index contributed by atoms with van der Waals surface area (Å²) >= 11 is 3.36. The van der Waals surface area contributed by atoms with Gasteiger partial charge in [0.25, 0.3) is 5.78 Å². The van der Waals surface area contributed by atoms with Gasteiger partial charge in [0.15, 0.2) is 5.82 Å². The van der Waals surface area contributed by atoms with Crippen molar-refractivity contribution in [1.29, 1.82) is 0 Å². The van der Waals surface area contributed by atoms with Gasteiger partial charge in [-0.1, -0.05) is 31.9 Å². The number of nitrogens with zero attached hydrogens (tertiary/aromatic N) is 4. The topological polar surface area (TPSA) is 110 Å². The zero-order chi connectivity index (χ0) is 24.6. The van der Waals surface area contributed by atoms with Crippen LogP contribution in [-0.4, -0.2) is 41.4 Å². The van der Waals surface area contributed by atoms with Crippen LogP contribution in [0.25, 0.3) is 5.78 Å². The zero-order valence-corrected chi connectivity index (χ0v) is 21.3. The Labute approximate surface area is 212 Å². The lowest BCUT2D eigenvalue weighted by Crippen LogP contribution is -2.46. The zero-order valence-electron chi connectivity index (χ0n) is 19.7. The number of aliphatic hydroxyl groups excluding tert-OH is 1. The molecule has 2 aromatic heterocycles. The molecule has 184 valence electrons. The highest BCUT2D eigenvalue weighted by Crippen LogP contribution is 2.46. The van der Waals surface area contributed by atoms with Crippen molar-refractivity contribution in [3.8, 4) is 5.75 Å². The average molecular weight is 541 g/mol. The normalized spacial score (nSPS) is 21.1. The summed E-state index contributed by atoms with van der Waals surface area (Å²) in [5.41, 5.74) is 1.48. The average Bonchev–Trinajstić information content (AvgIpc) is 3.51. The largest absolute Gasteiger partial charge is 0.512 e. The monoisotopic (exact) mass is 540 g/mol. The molecule has 2 aliphatic rings. The molecule has 2 N–H and O–H groups in total. The Morgan fingerprint density at radius 2 is 2.06 bits per heavy atom. The number of aromatic hydroxyl groups is 1. The fourth-order valence-corrected chi connectivity index (χ4v) is 5.75. The first-order chi connectivity index (χ1) is 16.9. The van der Waals surface area contributed by atoms with Crippen molar-refractivity contribution in [3.63, 3.8) is 0 Å². The Balaban J connectivity index is 1.39. The van der Waals surface area contributed by atoms with Crippen molar-refractivity contribution >= 4 is 27.7 Å². The number of carbonyl (C=O) groups excluding carboxylic acids is 1. The van der Waals surface area contributed by atoms with Crippen molar-refractivity contribution in [1.82, 2.24) is 19.6 Å². The van der Waals surface area contributed by atoms with Gasteiger partial charge < -0.3 is 14.9 Å². The molecule has 1 atom stereocenters. The fourth-order valence-electron chi connectivity index (χ4n) is 5.46. The molecule has 1 aliphatic heterocycles. The van der Waals surface area contributed by atoms with E-state index in [1.807, 2.05) is 19.1 Å². The maximum Gasteiger partial charge on any atom is 0.338 e. The number of fused-ring (bicyclic) bond motifs is 1. The lowest BCUT2D eigenvalue weighted by molar-refractivity contribution is -0.167. The number of ether oxygens (including phenoxy) is 1. The molecule has 1 fully saturated rings. The summed E-state index contributed by atoms with van der Waals surface area (Å²) in [6.07, 6.45) is 10.0. The minimum Gasteiger partial charge on any atom is -0.512 e. The van der Waals surface area contributed by atoms with Gasteiger partial charge in [-0.25, -0.2) is 14.3 Å². The van der Waals surface area contributed by atoms with E-state index in [4.69, 9.17) is 4.74 Å². The second-order valence-corrected chi connectivity index (χ2v) is 10.5. The van der Waals surface area contributed by atoms with Crippen molar-refractivity contribution in [2.45, 2.75) is 70.3 Å². The quantitative estimate of drug-likeness (QED) is 0.405. The second-order valence-electron chi connectivity index (χ2n) is 9.58. The molecule has 0 saturated heterocycles. The van der Waals surface area contributed by atoms with E-state index in [1.54, 1.807) is 18.5 Å². The van der Waals surface area contributed by atoms with E-state index in [2.05, 4.69) is 31.0 Å². The summed E-state index contributed by atoms with van der Waals surface area (Å²) in [6.45, 7) is 2.01. The van der Waals surface area contributed by atoms with Crippen LogP contribution in [0.1, 0.15) is 62.4 Å². The first kappa shape index (κ1) is 23.8. The van der Waals surface area contributed by atoms with E-state index in [0.29, 0.717) is 36.6 Å². The van der Waals surface area contributed by atoms with Gasteiger partial charge in [-0.3, -0.25) is 0 Å². The number of aromatic nitrogens is 4. The molecule has 5 rings (SSSR count). The van der Waals surface area contributed by atoms with E-state index in [9.17, 15) is 15.0 Å². The molecule has 8 nitrogen and oxygen atoms in total. The van der Waals surface area contributed by atoms with Crippen LogP contribution in [0.3, 0.4) is 0 Å². The van der Waals surface area contributed by atoms with E-state index < -0.39 is 11.6 Å². The summed E-state index contributed by atoms with van der Waals surface area (Å²) in [5, 5.41) is 25.5. The van der Waals surface area contributed by atoms with Crippen LogP contribution in [0.5, 0.6) is 5.75 Å². The third-order valence-electron chi connectivity index (χ3n) is 7.36. The highest BCUT2D eigenvalue weighted by Gasteiger charge is 2.48. The number of carbonyl (C=O) groups is 1. The third-order valence-corrected chi connectivity index (χ3v) is 7.77.